The smallest absolute Gasteiger partial charge is 0.163 e. The maximum absolute atomic E-state index is 5.00. The van der Waals surface area contributed by atoms with Gasteiger partial charge in [0, 0.05) is 16.5 Å². The lowest BCUT2D eigenvalue weighted by atomic mass is 9.95. The van der Waals surface area contributed by atoms with Gasteiger partial charge in [-0.3, -0.25) is 0 Å². The van der Waals surface area contributed by atoms with E-state index < -0.39 is 0 Å². The van der Waals surface area contributed by atoms with Gasteiger partial charge in [-0.25, -0.2) is 15.0 Å². The summed E-state index contributed by atoms with van der Waals surface area (Å²) in [4.78, 5) is 14.9. The zero-order valence-electron chi connectivity index (χ0n) is 21.7. The molecule has 7 rings (SSSR count). The van der Waals surface area contributed by atoms with Crippen molar-refractivity contribution < 1.29 is 0 Å². The van der Waals surface area contributed by atoms with E-state index in [1.807, 2.05) is 0 Å². The van der Waals surface area contributed by atoms with Crippen molar-refractivity contribution in [3.8, 4) is 22.8 Å². The molecule has 0 radical (unpaired) electrons. The summed E-state index contributed by atoms with van der Waals surface area (Å²) in [5.41, 5.74) is 1.77. The van der Waals surface area contributed by atoms with E-state index in [0.717, 1.165) is 17.0 Å². The lowest BCUT2D eigenvalue weighted by Crippen LogP contribution is -2.18. The van der Waals surface area contributed by atoms with Crippen LogP contribution in [-0.4, -0.2) is 15.0 Å². The Balaban J connectivity index is 1.40. The topological polar surface area (TPSA) is 38.7 Å². The van der Waals surface area contributed by atoms with Crippen molar-refractivity contribution in [3.63, 3.8) is 0 Å². The van der Waals surface area contributed by atoms with Gasteiger partial charge in [-0.05, 0) is 55.2 Å². The summed E-state index contributed by atoms with van der Waals surface area (Å²) in [5.74, 6) is 2.19. The van der Waals surface area contributed by atoms with Gasteiger partial charge in [0.1, 0.15) is 5.82 Å². The molecule has 0 saturated heterocycles. The fourth-order valence-electron chi connectivity index (χ4n) is 5.27. The summed E-state index contributed by atoms with van der Waals surface area (Å²) in [5, 5.41) is 9.83. The second-order valence-electron chi connectivity index (χ2n) is 11.0. The zero-order valence-corrected chi connectivity index (χ0v) is 21.7. The van der Waals surface area contributed by atoms with Crippen LogP contribution in [0.25, 0.3) is 65.9 Å². The number of benzene rings is 6. The van der Waals surface area contributed by atoms with Crippen LogP contribution in [0, 0.1) is 0 Å². The molecule has 3 heteroatoms. The maximum atomic E-state index is 5.00. The third kappa shape index (κ3) is 3.79. The number of hydrogen-bond donors (Lipinski definition) is 0. The molecule has 6 aromatic carbocycles. The summed E-state index contributed by atoms with van der Waals surface area (Å²) in [6.07, 6.45) is 0. The van der Waals surface area contributed by atoms with Gasteiger partial charge >= 0.3 is 0 Å². The number of rotatable bonds is 2. The molecule has 0 spiro atoms. The summed E-state index contributed by atoms with van der Waals surface area (Å²) >= 11 is 0. The summed E-state index contributed by atoms with van der Waals surface area (Å²) in [7, 11) is 0. The Morgan fingerprint density at radius 2 is 0.842 bits per heavy atom. The highest BCUT2D eigenvalue weighted by atomic mass is 15.0. The highest BCUT2D eigenvalue weighted by Crippen LogP contribution is 2.32. The van der Waals surface area contributed by atoms with Crippen LogP contribution in [0.2, 0.25) is 0 Å². The minimum Gasteiger partial charge on any atom is -0.212 e. The molecule has 0 bridgehead atoms. The first-order valence-electron chi connectivity index (χ1n) is 13.0. The summed E-state index contributed by atoms with van der Waals surface area (Å²) in [6, 6.07) is 38.8. The third-order valence-electron chi connectivity index (χ3n) is 7.31. The highest BCUT2D eigenvalue weighted by molar-refractivity contribution is 6.09. The van der Waals surface area contributed by atoms with E-state index >= 15 is 0 Å². The maximum Gasteiger partial charge on any atom is 0.163 e. The molecule has 1 heterocycles. The number of hydrogen-bond acceptors (Lipinski definition) is 3. The van der Waals surface area contributed by atoms with E-state index in [1.54, 1.807) is 0 Å². The van der Waals surface area contributed by atoms with E-state index in [2.05, 4.69) is 130 Å². The van der Waals surface area contributed by atoms with Crippen molar-refractivity contribution >= 4 is 43.1 Å². The van der Waals surface area contributed by atoms with Crippen molar-refractivity contribution in [3.05, 3.63) is 115 Å². The van der Waals surface area contributed by atoms with Crippen LogP contribution in [-0.2, 0) is 5.41 Å². The Bertz CT molecular complexity index is 1880. The van der Waals surface area contributed by atoms with E-state index in [1.165, 1.54) is 43.1 Å². The molecule has 0 unspecified atom stereocenters. The lowest BCUT2D eigenvalue weighted by molar-refractivity contribution is 0.543. The van der Waals surface area contributed by atoms with Gasteiger partial charge in [0.2, 0.25) is 0 Å². The summed E-state index contributed by atoms with van der Waals surface area (Å²) in [6.45, 7) is 6.44. The minimum absolute atomic E-state index is 0.216. The van der Waals surface area contributed by atoms with Crippen molar-refractivity contribution in [1.82, 2.24) is 15.0 Å². The number of nitrogens with zero attached hydrogens (tertiary/aromatic N) is 3. The van der Waals surface area contributed by atoms with Gasteiger partial charge in [0.25, 0.3) is 0 Å². The average Bonchev–Trinajstić information content (AvgIpc) is 2.95. The molecule has 1 aromatic heterocycles. The standard InChI is InChI=1S/C35H27N3/c1-35(2,3)34-37-32(26-16-18-30-24(20-26)14-12-22-8-4-6-10-28(22)30)36-33(38-34)27-17-19-31-25(21-27)15-13-23-9-5-7-11-29(23)31/h4-21H,1-3H3. The Hall–Kier alpha value is -4.63. The van der Waals surface area contributed by atoms with Crippen molar-refractivity contribution in [2.45, 2.75) is 26.2 Å². The van der Waals surface area contributed by atoms with Gasteiger partial charge in [-0.2, -0.15) is 0 Å². The fourth-order valence-corrected chi connectivity index (χ4v) is 5.27. The van der Waals surface area contributed by atoms with Crippen molar-refractivity contribution in [1.29, 1.82) is 0 Å². The molecular formula is C35H27N3. The molecule has 38 heavy (non-hydrogen) atoms. The molecule has 0 amide bonds. The predicted octanol–water partition coefficient (Wildman–Crippen LogP) is 9.12. The Morgan fingerprint density at radius 1 is 0.421 bits per heavy atom. The van der Waals surface area contributed by atoms with Crippen molar-refractivity contribution in [2.75, 3.05) is 0 Å². The second-order valence-corrected chi connectivity index (χ2v) is 11.0. The van der Waals surface area contributed by atoms with Gasteiger partial charge in [-0.15, -0.1) is 0 Å². The van der Waals surface area contributed by atoms with Gasteiger partial charge in [0.05, 0.1) is 0 Å². The Morgan fingerprint density at radius 3 is 1.32 bits per heavy atom. The Kier molecular flexibility index (Phi) is 5.02. The van der Waals surface area contributed by atoms with Crippen LogP contribution in [0.4, 0.5) is 0 Å². The SMILES string of the molecule is CC(C)(C)c1nc(-c2ccc3c(ccc4ccccc43)c2)nc(-c2ccc3c(ccc4ccccc43)c2)n1. The van der Waals surface area contributed by atoms with E-state index in [0.29, 0.717) is 11.6 Å². The van der Waals surface area contributed by atoms with E-state index in [-0.39, 0.29) is 5.41 Å². The molecule has 7 aromatic rings. The number of fused-ring (bicyclic) bond motifs is 6. The monoisotopic (exact) mass is 489 g/mol. The largest absolute Gasteiger partial charge is 0.212 e. The van der Waals surface area contributed by atoms with E-state index in [4.69, 9.17) is 15.0 Å². The molecule has 0 N–H and O–H groups in total. The molecule has 3 nitrogen and oxygen atoms in total. The second kappa shape index (κ2) is 8.46. The molecule has 182 valence electrons. The lowest BCUT2D eigenvalue weighted by Gasteiger charge is -2.18. The first-order valence-corrected chi connectivity index (χ1v) is 13.0. The van der Waals surface area contributed by atoms with Crippen molar-refractivity contribution in [2.24, 2.45) is 0 Å². The molecule has 0 fully saturated rings. The molecular weight excluding hydrogens is 462 g/mol. The van der Waals surface area contributed by atoms with Gasteiger partial charge in [0.15, 0.2) is 11.6 Å². The first kappa shape index (κ1) is 22.6. The highest BCUT2D eigenvalue weighted by Gasteiger charge is 2.21. The molecule has 0 aliphatic carbocycles. The Labute approximate surface area is 221 Å². The molecule has 0 atom stereocenters. The first-order chi connectivity index (χ1) is 18.4. The van der Waals surface area contributed by atoms with Crippen LogP contribution in [0.5, 0.6) is 0 Å². The fraction of sp³-hybridized carbons (Fsp3) is 0.114. The molecule has 0 aliphatic rings. The van der Waals surface area contributed by atoms with Gasteiger partial charge < -0.3 is 0 Å². The van der Waals surface area contributed by atoms with Gasteiger partial charge in [-0.1, -0.05) is 118 Å². The average molecular weight is 490 g/mol. The van der Waals surface area contributed by atoms with Crippen LogP contribution < -0.4 is 0 Å². The molecule has 0 aliphatic heterocycles. The van der Waals surface area contributed by atoms with Crippen LogP contribution >= 0.6 is 0 Å². The van der Waals surface area contributed by atoms with Crippen LogP contribution in [0.3, 0.4) is 0 Å². The normalized spacial score (nSPS) is 12.1. The quantitative estimate of drug-likeness (QED) is 0.227. The minimum atomic E-state index is -0.216. The predicted molar refractivity (Wildman–Crippen MR) is 159 cm³/mol. The zero-order chi connectivity index (χ0) is 25.9. The summed E-state index contributed by atoms with van der Waals surface area (Å²) < 4.78 is 0. The molecule has 0 saturated carbocycles. The van der Waals surface area contributed by atoms with Crippen LogP contribution in [0.15, 0.2) is 109 Å². The van der Waals surface area contributed by atoms with Crippen LogP contribution in [0.1, 0.15) is 26.6 Å². The van der Waals surface area contributed by atoms with E-state index in [9.17, 15) is 0 Å². The third-order valence-corrected chi connectivity index (χ3v) is 7.31. The number of aromatic nitrogens is 3.